The number of para-hydroxylation sites is 1. The van der Waals surface area contributed by atoms with Crippen molar-refractivity contribution in [3.63, 3.8) is 0 Å². The molecule has 4 aromatic rings. The monoisotopic (exact) mass is 351 g/mol. The van der Waals surface area contributed by atoms with Gasteiger partial charge in [-0.2, -0.15) is 0 Å². The molecular weight excluding hydrogens is 334 g/mol. The molecule has 0 aliphatic rings. The van der Waals surface area contributed by atoms with Gasteiger partial charge in [0, 0.05) is 0 Å². The molecule has 0 saturated heterocycles. The Hall–Kier alpha value is -3.72. The molecule has 3 nitrogen and oxygen atoms in total. The first kappa shape index (κ1) is 16.7. The lowest BCUT2D eigenvalue weighted by atomic mass is 9.91. The van der Waals surface area contributed by atoms with Crippen molar-refractivity contribution in [2.75, 3.05) is 0 Å². The molecule has 0 radical (unpaired) electrons. The largest absolute Gasteiger partial charge is 0.284 e. The molecule has 0 bridgehead atoms. The zero-order valence-corrected chi connectivity index (χ0v) is 14.6. The van der Waals surface area contributed by atoms with Gasteiger partial charge in [0.25, 0.3) is 5.69 Å². The lowest BCUT2D eigenvalue weighted by molar-refractivity contribution is -0.383. The topological polar surface area (TPSA) is 43.1 Å². The van der Waals surface area contributed by atoms with Gasteiger partial charge in [-0.3, -0.25) is 10.1 Å². The smallest absolute Gasteiger partial charge is 0.258 e. The molecule has 0 amide bonds. The van der Waals surface area contributed by atoms with E-state index in [1.165, 1.54) is 0 Å². The SMILES string of the molecule is O=[N+]([O-])c1c(-c2ccccc2)cccc1-c1ccccc1-c1ccccc1. The molecule has 0 saturated carbocycles. The second-order valence-corrected chi connectivity index (χ2v) is 6.24. The maximum atomic E-state index is 12.0. The van der Waals surface area contributed by atoms with Crippen LogP contribution in [-0.2, 0) is 0 Å². The van der Waals surface area contributed by atoms with E-state index in [9.17, 15) is 10.1 Å². The molecule has 0 aliphatic heterocycles. The lowest BCUT2D eigenvalue weighted by Crippen LogP contribution is -1.96. The molecular formula is C24H17NO2. The first-order valence-corrected chi connectivity index (χ1v) is 8.73. The maximum absolute atomic E-state index is 12.0. The van der Waals surface area contributed by atoms with Crippen LogP contribution in [0.15, 0.2) is 103 Å². The zero-order valence-electron chi connectivity index (χ0n) is 14.6. The average Bonchev–Trinajstić information content (AvgIpc) is 2.74. The van der Waals surface area contributed by atoms with E-state index in [2.05, 4.69) is 0 Å². The molecule has 0 aliphatic carbocycles. The Kier molecular flexibility index (Phi) is 4.50. The van der Waals surface area contributed by atoms with Crippen LogP contribution in [0, 0.1) is 10.1 Å². The Balaban J connectivity index is 1.98. The second kappa shape index (κ2) is 7.26. The van der Waals surface area contributed by atoms with Crippen LogP contribution in [0.25, 0.3) is 33.4 Å². The third kappa shape index (κ3) is 3.23. The predicted octanol–water partition coefficient (Wildman–Crippen LogP) is 6.60. The number of nitro groups is 1. The van der Waals surface area contributed by atoms with Crippen molar-refractivity contribution in [3.05, 3.63) is 113 Å². The molecule has 4 rings (SSSR count). The summed E-state index contributed by atoms with van der Waals surface area (Å²) < 4.78 is 0. The summed E-state index contributed by atoms with van der Waals surface area (Å²) in [6.07, 6.45) is 0. The zero-order chi connectivity index (χ0) is 18.6. The molecule has 0 heterocycles. The van der Waals surface area contributed by atoms with Crippen molar-refractivity contribution in [2.24, 2.45) is 0 Å². The Bertz CT molecular complexity index is 1090. The van der Waals surface area contributed by atoms with E-state index in [1.54, 1.807) is 0 Å². The van der Waals surface area contributed by atoms with Gasteiger partial charge in [0.05, 0.1) is 16.1 Å². The molecule has 0 unspecified atom stereocenters. The van der Waals surface area contributed by atoms with Gasteiger partial charge < -0.3 is 0 Å². The highest BCUT2D eigenvalue weighted by atomic mass is 16.6. The minimum Gasteiger partial charge on any atom is -0.258 e. The standard InChI is InChI=1S/C24H17NO2/c26-25(27)24-21(19-12-5-2-6-13-19)16-9-17-23(24)22-15-8-7-14-20(22)18-10-3-1-4-11-18/h1-17H. The third-order valence-electron chi connectivity index (χ3n) is 4.61. The number of benzene rings is 4. The fraction of sp³-hybridized carbons (Fsp3) is 0. The van der Waals surface area contributed by atoms with Crippen LogP contribution in [0.1, 0.15) is 0 Å². The molecule has 0 spiro atoms. The van der Waals surface area contributed by atoms with Gasteiger partial charge in [-0.25, -0.2) is 0 Å². The van der Waals surface area contributed by atoms with Crippen molar-refractivity contribution < 1.29 is 4.92 Å². The molecule has 27 heavy (non-hydrogen) atoms. The number of nitro benzene ring substituents is 1. The van der Waals surface area contributed by atoms with E-state index in [0.29, 0.717) is 11.1 Å². The van der Waals surface area contributed by atoms with Crippen molar-refractivity contribution in [3.8, 4) is 33.4 Å². The summed E-state index contributed by atoms with van der Waals surface area (Å²) >= 11 is 0. The van der Waals surface area contributed by atoms with E-state index in [0.717, 1.165) is 22.3 Å². The van der Waals surface area contributed by atoms with Crippen LogP contribution in [0.2, 0.25) is 0 Å². The fourth-order valence-electron chi connectivity index (χ4n) is 3.40. The Morgan fingerprint density at radius 2 is 0.926 bits per heavy atom. The van der Waals surface area contributed by atoms with Gasteiger partial charge in [-0.05, 0) is 34.4 Å². The molecule has 0 aromatic heterocycles. The summed E-state index contributed by atoms with van der Waals surface area (Å²) in [5.41, 5.74) is 5.09. The first-order valence-electron chi connectivity index (χ1n) is 8.73. The van der Waals surface area contributed by atoms with Gasteiger partial charge >= 0.3 is 0 Å². The van der Waals surface area contributed by atoms with Crippen LogP contribution in [0.5, 0.6) is 0 Å². The van der Waals surface area contributed by atoms with Gasteiger partial charge in [-0.15, -0.1) is 0 Å². The Morgan fingerprint density at radius 1 is 0.481 bits per heavy atom. The Labute approximate surface area is 157 Å². The summed E-state index contributed by atoms with van der Waals surface area (Å²) in [5, 5.41) is 12.0. The number of rotatable bonds is 4. The molecule has 0 atom stereocenters. The van der Waals surface area contributed by atoms with Gasteiger partial charge in [0.2, 0.25) is 0 Å². The van der Waals surface area contributed by atoms with Crippen LogP contribution < -0.4 is 0 Å². The minimum absolute atomic E-state index is 0.132. The van der Waals surface area contributed by atoms with Crippen molar-refractivity contribution >= 4 is 5.69 Å². The number of hydrogen-bond donors (Lipinski definition) is 0. The summed E-state index contributed by atoms with van der Waals surface area (Å²) in [4.78, 5) is 11.8. The van der Waals surface area contributed by atoms with Crippen molar-refractivity contribution in [2.45, 2.75) is 0 Å². The highest BCUT2D eigenvalue weighted by Crippen LogP contribution is 2.41. The Morgan fingerprint density at radius 3 is 1.52 bits per heavy atom. The molecule has 4 aromatic carbocycles. The van der Waals surface area contributed by atoms with Crippen LogP contribution in [0.3, 0.4) is 0 Å². The highest BCUT2D eigenvalue weighted by molar-refractivity contribution is 5.92. The summed E-state index contributed by atoms with van der Waals surface area (Å²) in [5.74, 6) is 0. The first-order chi connectivity index (χ1) is 13.3. The molecule has 130 valence electrons. The normalized spacial score (nSPS) is 10.5. The van der Waals surface area contributed by atoms with E-state index >= 15 is 0 Å². The quantitative estimate of drug-likeness (QED) is 0.307. The van der Waals surface area contributed by atoms with Crippen molar-refractivity contribution in [1.29, 1.82) is 0 Å². The van der Waals surface area contributed by atoms with E-state index in [-0.39, 0.29) is 10.6 Å². The maximum Gasteiger partial charge on any atom is 0.284 e. The lowest BCUT2D eigenvalue weighted by Gasteiger charge is -2.13. The predicted molar refractivity (Wildman–Crippen MR) is 109 cm³/mol. The summed E-state index contributed by atoms with van der Waals surface area (Å²) in [6, 6.07) is 32.8. The van der Waals surface area contributed by atoms with E-state index in [4.69, 9.17) is 0 Å². The molecule has 0 N–H and O–H groups in total. The van der Waals surface area contributed by atoms with Crippen LogP contribution in [0.4, 0.5) is 5.69 Å². The average molecular weight is 351 g/mol. The van der Waals surface area contributed by atoms with Gasteiger partial charge in [-0.1, -0.05) is 91.0 Å². The third-order valence-corrected chi connectivity index (χ3v) is 4.61. The number of nitrogens with zero attached hydrogens (tertiary/aromatic N) is 1. The van der Waals surface area contributed by atoms with E-state index in [1.807, 2.05) is 103 Å². The van der Waals surface area contributed by atoms with Crippen molar-refractivity contribution in [1.82, 2.24) is 0 Å². The highest BCUT2D eigenvalue weighted by Gasteiger charge is 2.23. The second-order valence-electron chi connectivity index (χ2n) is 6.24. The summed E-state index contributed by atoms with van der Waals surface area (Å²) in [6.45, 7) is 0. The fourth-order valence-corrected chi connectivity index (χ4v) is 3.40. The summed E-state index contributed by atoms with van der Waals surface area (Å²) in [7, 11) is 0. The molecule has 3 heteroatoms. The minimum atomic E-state index is -0.278. The van der Waals surface area contributed by atoms with Gasteiger partial charge in [0.1, 0.15) is 0 Å². The van der Waals surface area contributed by atoms with Crippen LogP contribution in [-0.4, -0.2) is 4.92 Å². The van der Waals surface area contributed by atoms with Gasteiger partial charge in [0.15, 0.2) is 0 Å². The van der Waals surface area contributed by atoms with E-state index < -0.39 is 0 Å². The molecule has 0 fully saturated rings. The number of hydrogen-bond acceptors (Lipinski definition) is 2. The van der Waals surface area contributed by atoms with Crippen LogP contribution >= 0.6 is 0 Å².